The Hall–Kier alpha value is -2.93. The van der Waals surface area contributed by atoms with E-state index in [1.54, 1.807) is 6.33 Å². The Kier molecular flexibility index (Phi) is 3.46. The first-order valence-corrected chi connectivity index (χ1v) is 10.5. The van der Waals surface area contributed by atoms with Crippen LogP contribution < -0.4 is 9.80 Å². The van der Waals surface area contributed by atoms with Crippen molar-refractivity contribution in [1.29, 1.82) is 0 Å². The van der Waals surface area contributed by atoms with Gasteiger partial charge < -0.3 is 14.8 Å². The van der Waals surface area contributed by atoms with Gasteiger partial charge in [0.2, 0.25) is 0 Å². The molecule has 0 aliphatic carbocycles. The number of fused-ring (bicyclic) bond motifs is 3. The maximum absolute atomic E-state index is 4.77. The highest BCUT2D eigenvalue weighted by Gasteiger charge is 2.45. The van der Waals surface area contributed by atoms with E-state index in [0.717, 1.165) is 41.2 Å². The molecule has 0 radical (unpaired) electrons. The number of nitrogens with zero attached hydrogens (tertiary/aromatic N) is 5. The maximum Gasteiger partial charge on any atom is 0.141 e. The minimum absolute atomic E-state index is 0.597. The van der Waals surface area contributed by atoms with Gasteiger partial charge in [-0.05, 0) is 48.6 Å². The smallest absolute Gasteiger partial charge is 0.141 e. The average Bonchev–Trinajstić information content (AvgIpc) is 3.37. The number of hydrogen-bond acceptors (Lipinski definition) is 6. The number of piperidine rings is 1. The second-order valence-electron chi connectivity index (χ2n) is 7.69. The average molecular weight is 389 g/mol. The number of aryl methyl sites for hydroxylation is 1. The number of piperazine rings is 1. The fourth-order valence-corrected chi connectivity index (χ4v) is 5.57. The molecule has 7 rings (SSSR count). The van der Waals surface area contributed by atoms with Gasteiger partial charge in [-0.2, -0.15) is 0 Å². The molecule has 2 unspecified atom stereocenters. The predicted molar refractivity (Wildman–Crippen MR) is 113 cm³/mol. The molecule has 3 saturated heterocycles. The third kappa shape index (κ3) is 2.43. The lowest BCUT2D eigenvalue weighted by atomic mass is 9.87. The number of anilines is 2. The van der Waals surface area contributed by atoms with Gasteiger partial charge >= 0.3 is 0 Å². The monoisotopic (exact) mass is 388 g/mol. The molecule has 140 valence electrons. The molecule has 2 atom stereocenters. The van der Waals surface area contributed by atoms with Gasteiger partial charge in [0.25, 0.3) is 0 Å². The summed E-state index contributed by atoms with van der Waals surface area (Å²) in [6.45, 7) is 4.25. The molecule has 0 spiro atoms. The first kappa shape index (κ1) is 16.1. The minimum Gasteiger partial charge on any atom is -0.354 e. The van der Waals surface area contributed by atoms with Crippen molar-refractivity contribution in [2.75, 3.05) is 22.9 Å². The largest absolute Gasteiger partial charge is 0.354 e. The van der Waals surface area contributed by atoms with Crippen LogP contribution in [0.1, 0.15) is 12.0 Å². The highest BCUT2D eigenvalue weighted by molar-refractivity contribution is 7.14. The molecule has 3 aliphatic rings. The fourth-order valence-electron chi connectivity index (χ4n) is 4.52. The minimum atomic E-state index is 0.597. The van der Waals surface area contributed by atoms with Crippen molar-refractivity contribution in [3.05, 3.63) is 53.9 Å². The van der Waals surface area contributed by atoms with E-state index in [1.165, 1.54) is 17.0 Å². The second kappa shape index (κ2) is 6.04. The van der Waals surface area contributed by atoms with E-state index < -0.39 is 0 Å². The SMILES string of the molecule is Cc1csc(N2C3CC2CN(c2ccc(-c4ncnc5[nH]ccc45)cn2)C3)c1. The number of aromatic amines is 1. The van der Waals surface area contributed by atoms with Crippen molar-refractivity contribution < 1.29 is 0 Å². The normalized spacial score (nSPS) is 21.2. The Morgan fingerprint density at radius 2 is 2.00 bits per heavy atom. The lowest BCUT2D eigenvalue weighted by Gasteiger charge is -2.57. The standard InChI is InChI=1S/C21H20N6S/c1-13-6-19(28-11-13)27-15-7-16(27)10-26(9-15)18-3-2-14(8-23-18)20-17-4-5-22-21(17)25-12-24-20/h2-6,8,11-12,15-16H,7,9-10H2,1H3,(H,22,24,25). The van der Waals surface area contributed by atoms with Gasteiger partial charge in [0.05, 0.1) is 10.7 Å². The number of pyridine rings is 1. The molecule has 3 aliphatic heterocycles. The summed E-state index contributed by atoms with van der Waals surface area (Å²) in [7, 11) is 0. The van der Waals surface area contributed by atoms with Crippen LogP contribution in [0.2, 0.25) is 0 Å². The van der Waals surface area contributed by atoms with Gasteiger partial charge in [-0.25, -0.2) is 15.0 Å². The second-order valence-corrected chi connectivity index (χ2v) is 8.57. The Bertz CT molecular complexity index is 1140. The molecule has 7 heteroatoms. The summed E-state index contributed by atoms with van der Waals surface area (Å²) in [4.78, 5) is 21.7. The van der Waals surface area contributed by atoms with Crippen LogP contribution in [0.15, 0.2) is 48.4 Å². The van der Waals surface area contributed by atoms with Crippen molar-refractivity contribution >= 4 is 33.2 Å². The number of nitrogens with one attached hydrogen (secondary N) is 1. The van der Waals surface area contributed by atoms with Crippen molar-refractivity contribution in [3.8, 4) is 11.3 Å². The molecule has 4 aromatic rings. The summed E-state index contributed by atoms with van der Waals surface area (Å²) in [5, 5.41) is 4.69. The topological polar surface area (TPSA) is 60.9 Å². The summed E-state index contributed by atoms with van der Waals surface area (Å²) in [6.07, 6.45) is 6.72. The first-order valence-electron chi connectivity index (χ1n) is 9.59. The zero-order valence-electron chi connectivity index (χ0n) is 15.5. The third-order valence-corrected chi connectivity index (χ3v) is 6.92. The summed E-state index contributed by atoms with van der Waals surface area (Å²) < 4.78 is 0. The summed E-state index contributed by atoms with van der Waals surface area (Å²) in [6, 6.07) is 9.77. The molecular formula is C21H20N6S. The molecule has 28 heavy (non-hydrogen) atoms. The van der Waals surface area contributed by atoms with Crippen LogP contribution in [0, 0.1) is 6.92 Å². The molecule has 0 aromatic carbocycles. The van der Waals surface area contributed by atoms with E-state index in [2.05, 4.69) is 55.3 Å². The molecule has 0 saturated carbocycles. The van der Waals surface area contributed by atoms with E-state index in [0.29, 0.717) is 12.1 Å². The lowest BCUT2D eigenvalue weighted by Crippen LogP contribution is -2.69. The van der Waals surface area contributed by atoms with Gasteiger partial charge in [0.1, 0.15) is 17.8 Å². The molecule has 2 bridgehead atoms. The van der Waals surface area contributed by atoms with Crippen LogP contribution in [0.5, 0.6) is 0 Å². The number of thiophene rings is 1. The number of rotatable bonds is 3. The molecule has 3 fully saturated rings. The van der Waals surface area contributed by atoms with Crippen LogP contribution in [-0.2, 0) is 0 Å². The van der Waals surface area contributed by atoms with Crippen molar-refractivity contribution in [1.82, 2.24) is 19.9 Å². The van der Waals surface area contributed by atoms with E-state index >= 15 is 0 Å². The molecule has 1 N–H and O–H groups in total. The predicted octanol–water partition coefficient (Wildman–Crippen LogP) is 3.86. The fraction of sp³-hybridized carbons (Fsp3) is 0.286. The third-order valence-electron chi connectivity index (χ3n) is 5.86. The summed E-state index contributed by atoms with van der Waals surface area (Å²) in [5.74, 6) is 1.06. The Morgan fingerprint density at radius 3 is 2.75 bits per heavy atom. The zero-order valence-corrected chi connectivity index (χ0v) is 16.4. The molecule has 0 amide bonds. The molecule has 4 aromatic heterocycles. The van der Waals surface area contributed by atoms with E-state index in [1.807, 2.05) is 29.8 Å². The lowest BCUT2D eigenvalue weighted by molar-refractivity contribution is 0.292. The van der Waals surface area contributed by atoms with Gasteiger partial charge in [0, 0.05) is 48.5 Å². The van der Waals surface area contributed by atoms with Crippen molar-refractivity contribution in [2.45, 2.75) is 25.4 Å². The number of aromatic nitrogens is 4. The first-order chi connectivity index (χ1) is 13.8. The molecular weight excluding hydrogens is 368 g/mol. The van der Waals surface area contributed by atoms with Gasteiger partial charge in [-0.15, -0.1) is 11.3 Å². The molecule has 7 heterocycles. The van der Waals surface area contributed by atoms with Crippen molar-refractivity contribution in [3.63, 3.8) is 0 Å². The van der Waals surface area contributed by atoms with Crippen LogP contribution in [0.3, 0.4) is 0 Å². The van der Waals surface area contributed by atoms with Crippen molar-refractivity contribution in [2.24, 2.45) is 0 Å². The van der Waals surface area contributed by atoms with Gasteiger partial charge in [-0.1, -0.05) is 0 Å². The number of hydrogen-bond donors (Lipinski definition) is 1. The maximum atomic E-state index is 4.77. The van der Waals surface area contributed by atoms with Gasteiger partial charge in [0.15, 0.2) is 0 Å². The number of H-pyrrole nitrogens is 1. The highest BCUT2D eigenvalue weighted by Crippen LogP contribution is 2.41. The van der Waals surface area contributed by atoms with Crippen LogP contribution >= 0.6 is 11.3 Å². The molecule has 6 nitrogen and oxygen atoms in total. The van der Waals surface area contributed by atoms with Crippen LogP contribution in [0.4, 0.5) is 10.8 Å². The van der Waals surface area contributed by atoms with E-state index in [-0.39, 0.29) is 0 Å². The van der Waals surface area contributed by atoms with Crippen LogP contribution in [0.25, 0.3) is 22.3 Å². The quantitative estimate of drug-likeness (QED) is 0.577. The van der Waals surface area contributed by atoms with E-state index in [9.17, 15) is 0 Å². The van der Waals surface area contributed by atoms with Crippen LogP contribution in [-0.4, -0.2) is 45.1 Å². The zero-order chi connectivity index (χ0) is 18.7. The Balaban J connectivity index is 1.23. The summed E-state index contributed by atoms with van der Waals surface area (Å²) >= 11 is 1.87. The van der Waals surface area contributed by atoms with Gasteiger partial charge in [-0.3, -0.25) is 0 Å². The highest BCUT2D eigenvalue weighted by atomic mass is 32.1. The van der Waals surface area contributed by atoms with E-state index in [4.69, 9.17) is 4.98 Å². The summed E-state index contributed by atoms with van der Waals surface area (Å²) in [5.41, 5.74) is 4.16. The Morgan fingerprint density at radius 1 is 1.11 bits per heavy atom. The Labute approximate surface area is 166 Å².